The minimum Gasteiger partial charge on any atom is -0.339 e. The Morgan fingerprint density at radius 3 is 3.10 bits per heavy atom. The van der Waals surface area contributed by atoms with Crippen LogP contribution < -0.4 is 5.32 Å². The van der Waals surface area contributed by atoms with Gasteiger partial charge in [0.05, 0.1) is 6.42 Å². The lowest BCUT2D eigenvalue weighted by Gasteiger charge is -2.22. The first kappa shape index (κ1) is 13.7. The second-order valence-corrected chi connectivity index (χ2v) is 6.29. The topological polar surface area (TPSA) is 63.8 Å². The molecule has 0 spiro atoms. The summed E-state index contributed by atoms with van der Waals surface area (Å²) in [5, 5.41) is 10.7. The lowest BCUT2D eigenvalue weighted by molar-refractivity contribution is 0.341. The summed E-state index contributed by atoms with van der Waals surface area (Å²) in [5.41, 5.74) is 1.05. The van der Waals surface area contributed by atoms with Crippen molar-refractivity contribution in [3.63, 3.8) is 0 Å². The van der Waals surface area contributed by atoms with Gasteiger partial charge in [0.25, 0.3) is 0 Å². The van der Waals surface area contributed by atoms with Crippen LogP contribution in [0.15, 0.2) is 9.90 Å². The molecule has 0 aromatic carbocycles. The fourth-order valence-corrected chi connectivity index (χ4v) is 3.32. The number of aryl methyl sites for hydroxylation is 2. The number of nitrogens with one attached hydrogen (secondary N) is 1. The van der Waals surface area contributed by atoms with E-state index in [2.05, 4.69) is 20.4 Å². The first-order valence-electron chi connectivity index (χ1n) is 7.25. The van der Waals surface area contributed by atoms with E-state index in [4.69, 9.17) is 4.52 Å². The molecular weight excluding hydrogens is 272 g/mol. The van der Waals surface area contributed by atoms with Crippen molar-refractivity contribution in [1.82, 2.24) is 20.4 Å². The highest BCUT2D eigenvalue weighted by atomic mass is 32.1. The highest BCUT2D eigenvalue weighted by Gasteiger charge is 2.15. The number of hydrogen-bond donors (Lipinski definition) is 1. The molecule has 1 N–H and O–H groups in total. The van der Waals surface area contributed by atoms with Crippen molar-refractivity contribution in [3.05, 3.63) is 27.8 Å². The largest absolute Gasteiger partial charge is 0.339 e. The van der Waals surface area contributed by atoms with E-state index in [-0.39, 0.29) is 0 Å². The van der Waals surface area contributed by atoms with Gasteiger partial charge >= 0.3 is 0 Å². The molecule has 5 nitrogen and oxygen atoms in total. The average Bonchev–Trinajstić information content (AvgIpc) is 3.08. The number of aromatic nitrogens is 3. The fraction of sp³-hybridized carbons (Fsp3) is 0.643. The number of rotatable bonds is 5. The lowest BCUT2D eigenvalue weighted by Crippen LogP contribution is -2.34. The maximum absolute atomic E-state index is 5.32. The Morgan fingerprint density at radius 2 is 2.35 bits per heavy atom. The van der Waals surface area contributed by atoms with Crippen LogP contribution in [-0.2, 0) is 12.8 Å². The molecule has 1 aliphatic rings. The summed E-state index contributed by atoms with van der Waals surface area (Å²) in [6, 6.07) is 0.612. The Bertz CT molecular complexity index is 545. The van der Waals surface area contributed by atoms with E-state index < -0.39 is 0 Å². The standard InChI is InChI=1S/C14H20N4OS/c1-10-9-20-14(16-10)8-12-17-13(19-18-12)6-5-11-4-2-3-7-15-11/h9,11,15H,2-8H2,1H3. The van der Waals surface area contributed by atoms with Crippen LogP contribution in [-0.4, -0.2) is 27.7 Å². The molecule has 0 aliphatic carbocycles. The minimum absolute atomic E-state index is 0.612. The third kappa shape index (κ3) is 3.64. The van der Waals surface area contributed by atoms with Crippen molar-refractivity contribution in [2.45, 2.75) is 51.5 Å². The molecule has 1 atom stereocenters. The summed E-state index contributed by atoms with van der Waals surface area (Å²) >= 11 is 1.65. The van der Waals surface area contributed by atoms with Crippen LogP contribution in [0, 0.1) is 6.92 Å². The number of hydrogen-bond acceptors (Lipinski definition) is 6. The molecule has 6 heteroatoms. The van der Waals surface area contributed by atoms with Crippen LogP contribution in [0.1, 0.15) is 48.1 Å². The van der Waals surface area contributed by atoms with Crippen LogP contribution in [0.4, 0.5) is 0 Å². The fourth-order valence-electron chi connectivity index (χ4n) is 2.55. The molecule has 0 saturated carbocycles. The molecule has 1 aliphatic heterocycles. The van der Waals surface area contributed by atoms with Gasteiger partial charge in [-0.05, 0) is 32.7 Å². The van der Waals surface area contributed by atoms with Crippen molar-refractivity contribution in [1.29, 1.82) is 0 Å². The van der Waals surface area contributed by atoms with Crippen LogP contribution in [0.5, 0.6) is 0 Å². The minimum atomic E-state index is 0.612. The third-order valence-corrected chi connectivity index (χ3v) is 4.57. The van der Waals surface area contributed by atoms with Gasteiger partial charge in [-0.1, -0.05) is 11.6 Å². The van der Waals surface area contributed by atoms with Gasteiger partial charge in [0.1, 0.15) is 5.01 Å². The van der Waals surface area contributed by atoms with Crippen molar-refractivity contribution in [2.24, 2.45) is 0 Å². The summed E-state index contributed by atoms with van der Waals surface area (Å²) in [7, 11) is 0. The SMILES string of the molecule is Cc1csc(Cc2noc(CCC3CCCCN3)n2)n1. The quantitative estimate of drug-likeness (QED) is 0.917. The lowest BCUT2D eigenvalue weighted by atomic mass is 10.0. The van der Waals surface area contributed by atoms with Gasteiger partial charge in [-0.25, -0.2) is 4.98 Å². The molecular formula is C14H20N4OS. The van der Waals surface area contributed by atoms with Gasteiger partial charge in [-0.2, -0.15) is 4.98 Å². The Hall–Kier alpha value is -1.27. The monoisotopic (exact) mass is 292 g/mol. The average molecular weight is 292 g/mol. The smallest absolute Gasteiger partial charge is 0.226 e. The Morgan fingerprint density at radius 1 is 1.40 bits per heavy atom. The van der Waals surface area contributed by atoms with Crippen LogP contribution in [0.2, 0.25) is 0 Å². The summed E-state index contributed by atoms with van der Waals surface area (Å²) in [6.45, 7) is 3.14. The van der Waals surface area contributed by atoms with Crippen LogP contribution in [0.25, 0.3) is 0 Å². The summed E-state index contributed by atoms with van der Waals surface area (Å²) < 4.78 is 5.32. The zero-order valence-corrected chi connectivity index (χ0v) is 12.6. The third-order valence-electron chi connectivity index (χ3n) is 3.61. The zero-order valence-electron chi connectivity index (χ0n) is 11.8. The van der Waals surface area contributed by atoms with E-state index in [0.717, 1.165) is 41.8 Å². The van der Waals surface area contributed by atoms with Crippen LogP contribution >= 0.6 is 11.3 Å². The predicted molar refractivity (Wildman–Crippen MR) is 77.9 cm³/mol. The molecule has 0 bridgehead atoms. The van der Waals surface area contributed by atoms with Gasteiger partial charge in [0, 0.05) is 23.5 Å². The van der Waals surface area contributed by atoms with Gasteiger partial charge in [-0.15, -0.1) is 11.3 Å². The second kappa shape index (κ2) is 6.45. The highest BCUT2D eigenvalue weighted by molar-refractivity contribution is 7.09. The summed E-state index contributed by atoms with van der Waals surface area (Å²) in [6.07, 6.45) is 6.51. The Kier molecular flexibility index (Phi) is 4.42. The van der Waals surface area contributed by atoms with E-state index in [9.17, 15) is 0 Å². The molecule has 0 amide bonds. The van der Waals surface area contributed by atoms with Crippen molar-refractivity contribution in [2.75, 3.05) is 6.54 Å². The second-order valence-electron chi connectivity index (χ2n) is 5.35. The summed E-state index contributed by atoms with van der Waals surface area (Å²) in [4.78, 5) is 8.88. The molecule has 1 unspecified atom stereocenters. The molecule has 1 saturated heterocycles. The molecule has 2 aromatic heterocycles. The molecule has 1 fully saturated rings. The van der Waals surface area contributed by atoms with E-state index in [0.29, 0.717) is 12.5 Å². The first-order chi connectivity index (χ1) is 9.79. The van der Waals surface area contributed by atoms with Gasteiger partial charge in [0.15, 0.2) is 5.82 Å². The predicted octanol–water partition coefficient (Wildman–Crippen LogP) is 2.50. The van der Waals surface area contributed by atoms with E-state index in [1.54, 1.807) is 11.3 Å². The van der Waals surface area contributed by atoms with E-state index in [1.807, 2.05) is 12.3 Å². The van der Waals surface area contributed by atoms with Gasteiger partial charge < -0.3 is 9.84 Å². The van der Waals surface area contributed by atoms with Gasteiger partial charge in [-0.3, -0.25) is 0 Å². The van der Waals surface area contributed by atoms with Gasteiger partial charge in [0.2, 0.25) is 5.89 Å². The molecule has 3 heterocycles. The van der Waals surface area contributed by atoms with Crippen molar-refractivity contribution >= 4 is 11.3 Å². The molecule has 3 rings (SSSR count). The molecule has 0 radical (unpaired) electrons. The number of piperidine rings is 1. The van der Waals surface area contributed by atoms with Crippen LogP contribution in [0.3, 0.4) is 0 Å². The van der Waals surface area contributed by atoms with Crippen molar-refractivity contribution in [3.8, 4) is 0 Å². The maximum Gasteiger partial charge on any atom is 0.226 e. The normalized spacial score (nSPS) is 19.4. The molecule has 2 aromatic rings. The van der Waals surface area contributed by atoms with E-state index in [1.165, 1.54) is 19.3 Å². The molecule has 20 heavy (non-hydrogen) atoms. The number of nitrogens with zero attached hydrogens (tertiary/aromatic N) is 3. The Balaban J connectivity index is 1.51. The first-order valence-corrected chi connectivity index (χ1v) is 8.13. The zero-order chi connectivity index (χ0) is 13.8. The van der Waals surface area contributed by atoms with E-state index >= 15 is 0 Å². The Labute approximate surface area is 122 Å². The highest BCUT2D eigenvalue weighted by Crippen LogP contribution is 2.15. The number of thiazole rings is 1. The van der Waals surface area contributed by atoms with Crippen molar-refractivity contribution < 1.29 is 4.52 Å². The maximum atomic E-state index is 5.32. The summed E-state index contributed by atoms with van der Waals surface area (Å²) in [5.74, 6) is 1.49. The molecule has 108 valence electrons.